The molecule has 11 heteroatoms. The molecular weight excluding hydrogens is 479 g/mol. The second-order valence-corrected chi connectivity index (χ2v) is 8.21. The molecule has 0 aliphatic heterocycles. The highest BCUT2D eigenvalue weighted by Crippen LogP contribution is 2.26. The third-order valence-corrected chi connectivity index (χ3v) is 5.08. The van der Waals surface area contributed by atoms with Crippen LogP contribution >= 0.6 is 23.2 Å². The van der Waals surface area contributed by atoms with Gasteiger partial charge < -0.3 is 20.9 Å². The van der Waals surface area contributed by atoms with Crippen LogP contribution in [0.2, 0.25) is 10.0 Å². The number of carbonyl (C=O) groups is 3. The molecule has 0 bridgehead atoms. The van der Waals surface area contributed by atoms with Crippen molar-refractivity contribution in [3.05, 3.63) is 82.1 Å². The van der Waals surface area contributed by atoms with Crippen molar-refractivity contribution < 1.29 is 14.4 Å². The smallest absolute Gasteiger partial charge is 0.275 e. The maximum atomic E-state index is 12.7. The molecule has 1 heterocycles. The van der Waals surface area contributed by atoms with E-state index in [2.05, 4.69) is 26.1 Å². The van der Waals surface area contributed by atoms with E-state index in [1.807, 2.05) is 19.0 Å². The van der Waals surface area contributed by atoms with Crippen LogP contribution in [-0.2, 0) is 4.79 Å². The second-order valence-electron chi connectivity index (χ2n) is 7.39. The summed E-state index contributed by atoms with van der Waals surface area (Å²) in [6.45, 7) is 0.653. The van der Waals surface area contributed by atoms with Crippen LogP contribution in [0.1, 0.15) is 20.8 Å². The number of aromatic nitrogens is 2. The number of aromatic amines is 1. The lowest BCUT2D eigenvalue weighted by Crippen LogP contribution is -2.18. The molecule has 1 aromatic heterocycles. The highest BCUT2D eigenvalue weighted by Gasteiger charge is 2.20. The number of halogens is 2. The van der Waals surface area contributed by atoms with Crippen molar-refractivity contribution in [1.82, 2.24) is 15.1 Å². The van der Waals surface area contributed by atoms with Gasteiger partial charge in [0.05, 0.1) is 27.5 Å². The van der Waals surface area contributed by atoms with Crippen molar-refractivity contribution >= 4 is 58.0 Å². The molecule has 3 amide bonds. The van der Waals surface area contributed by atoms with Crippen molar-refractivity contribution in [2.75, 3.05) is 36.6 Å². The highest BCUT2D eigenvalue weighted by atomic mass is 35.5. The molecule has 0 unspecified atom stereocenters. The van der Waals surface area contributed by atoms with Crippen LogP contribution in [0.3, 0.4) is 0 Å². The van der Waals surface area contributed by atoms with Gasteiger partial charge in [0.15, 0.2) is 0 Å². The zero-order valence-corrected chi connectivity index (χ0v) is 19.9. The van der Waals surface area contributed by atoms with E-state index < -0.39 is 11.8 Å². The number of rotatable bonds is 8. The van der Waals surface area contributed by atoms with E-state index in [4.69, 9.17) is 23.2 Å². The lowest BCUT2D eigenvalue weighted by Gasteiger charge is -2.10. The molecule has 0 aliphatic carbocycles. The van der Waals surface area contributed by atoms with Gasteiger partial charge in [-0.05, 0) is 50.5 Å². The summed E-state index contributed by atoms with van der Waals surface area (Å²) < 4.78 is 0. The lowest BCUT2D eigenvalue weighted by molar-refractivity contribution is -0.111. The van der Waals surface area contributed by atoms with Gasteiger partial charge in [0, 0.05) is 24.0 Å². The zero-order chi connectivity index (χ0) is 24.7. The number of nitrogens with zero attached hydrogens (tertiary/aromatic N) is 2. The zero-order valence-electron chi connectivity index (χ0n) is 18.4. The van der Waals surface area contributed by atoms with Crippen molar-refractivity contribution in [1.29, 1.82) is 0 Å². The highest BCUT2D eigenvalue weighted by molar-refractivity contribution is 6.40. The Morgan fingerprint density at radius 1 is 0.941 bits per heavy atom. The molecular formula is C23H22Cl2N6O3. The van der Waals surface area contributed by atoms with Crippen LogP contribution in [0.25, 0.3) is 0 Å². The summed E-state index contributed by atoms with van der Waals surface area (Å²) in [5.74, 6) is -1.36. The fraction of sp³-hybridized carbons (Fsp3) is 0.130. The van der Waals surface area contributed by atoms with E-state index >= 15 is 0 Å². The number of anilines is 3. The maximum Gasteiger partial charge on any atom is 0.275 e. The summed E-state index contributed by atoms with van der Waals surface area (Å²) in [4.78, 5) is 39.2. The Balaban J connectivity index is 1.63. The third kappa shape index (κ3) is 6.67. The first-order chi connectivity index (χ1) is 16.2. The molecule has 2 aromatic carbocycles. The summed E-state index contributed by atoms with van der Waals surface area (Å²) in [7, 11) is 3.81. The first kappa shape index (κ1) is 25.0. The van der Waals surface area contributed by atoms with Gasteiger partial charge >= 0.3 is 0 Å². The quantitative estimate of drug-likeness (QED) is 0.344. The molecule has 3 aromatic rings. The molecule has 0 saturated carbocycles. The minimum absolute atomic E-state index is 0.0416. The first-order valence-electron chi connectivity index (χ1n) is 10.1. The van der Waals surface area contributed by atoms with Gasteiger partial charge in [0.1, 0.15) is 5.69 Å². The second kappa shape index (κ2) is 11.5. The summed E-state index contributed by atoms with van der Waals surface area (Å²) in [6, 6.07) is 11.3. The Hall–Kier alpha value is -3.66. The number of nitrogens with one attached hydrogen (secondary N) is 4. The third-order valence-electron chi connectivity index (χ3n) is 4.45. The number of hydrogen-bond donors (Lipinski definition) is 4. The lowest BCUT2D eigenvalue weighted by atomic mass is 10.2. The number of carbonyl (C=O) groups excluding carboxylic acids is 3. The summed E-state index contributed by atoms with van der Waals surface area (Å²) >= 11 is 12.2. The van der Waals surface area contributed by atoms with Crippen LogP contribution in [0.5, 0.6) is 0 Å². The van der Waals surface area contributed by atoms with Crippen LogP contribution in [0.15, 0.2) is 60.8 Å². The minimum atomic E-state index is -0.578. The van der Waals surface area contributed by atoms with Crippen molar-refractivity contribution in [3.63, 3.8) is 0 Å². The van der Waals surface area contributed by atoms with Gasteiger partial charge in [0.2, 0.25) is 5.91 Å². The van der Waals surface area contributed by atoms with Crippen LogP contribution in [0, 0.1) is 0 Å². The molecule has 34 heavy (non-hydrogen) atoms. The normalized spacial score (nSPS) is 11.0. The minimum Gasteiger partial charge on any atom is -0.323 e. The van der Waals surface area contributed by atoms with E-state index in [9.17, 15) is 14.4 Å². The SMILES string of the molecule is CN(C)CC=CC(=O)Nc1ccc(NC(=O)c2[nH]ncc2NC(=O)c2c(Cl)cccc2Cl)cc1. The standard InChI is InChI=1S/C23H22Cl2N6O3/c1-31(2)12-4-7-19(32)27-14-8-10-15(11-9-14)28-23(34)21-18(13-26-30-21)29-22(33)20-16(24)5-3-6-17(20)25/h3-11,13H,12H2,1-2H3,(H,26,30)(H,27,32)(H,28,34)(H,29,33). The van der Waals surface area contributed by atoms with E-state index in [1.54, 1.807) is 36.4 Å². The molecule has 4 N–H and O–H groups in total. The van der Waals surface area contributed by atoms with Crippen molar-refractivity contribution in [3.8, 4) is 0 Å². The van der Waals surface area contributed by atoms with Gasteiger partial charge in [-0.15, -0.1) is 0 Å². The number of benzene rings is 2. The summed E-state index contributed by atoms with van der Waals surface area (Å²) in [6.07, 6.45) is 4.52. The molecule has 0 atom stereocenters. The average molecular weight is 501 g/mol. The number of hydrogen-bond acceptors (Lipinski definition) is 5. The first-order valence-corrected chi connectivity index (χ1v) is 10.8. The monoisotopic (exact) mass is 500 g/mol. The largest absolute Gasteiger partial charge is 0.323 e. The molecule has 0 saturated heterocycles. The van der Waals surface area contributed by atoms with E-state index in [0.717, 1.165) is 0 Å². The Morgan fingerprint density at radius 2 is 1.56 bits per heavy atom. The molecule has 0 aliphatic rings. The molecule has 176 valence electrons. The van der Waals surface area contributed by atoms with E-state index in [1.165, 1.54) is 24.4 Å². The molecule has 0 fully saturated rings. The number of H-pyrrole nitrogens is 1. The fourth-order valence-electron chi connectivity index (χ4n) is 2.84. The van der Waals surface area contributed by atoms with Crippen LogP contribution < -0.4 is 16.0 Å². The van der Waals surface area contributed by atoms with Crippen LogP contribution in [-0.4, -0.2) is 53.5 Å². The Kier molecular flexibility index (Phi) is 8.42. The molecule has 0 radical (unpaired) electrons. The molecule has 9 nitrogen and oxygen atoms in total. The Bertz CT molecular complexity index is 1200. The Morgan fingerprint density at radius 3 is 2.18 bits per heavy atom. The predicted molar refractivity (Wildman–Crippen MR) is 134 cm³/mol. The van der Waals surface area contributed by atoms with Gasteiger partial charge in [-0.3, -0.25) is 19.5 Å². The van der Waals surface area contributed by atoms with Crippen molar-refractivity contribution in [2.45, 2.75) is 0 Å². The Labute approximate surface area is 206 Å². The van der Waals surface area contributed by atoms with Gasteiger partial charge in [-0.1, -0.05) is 35.3 Å². The van der Waals surface area contributed by atoms with Crippen molar-refractivity contribution in [2.24, 2.45) is 0 Å². The maximum absolute atomic E-state index is 12.7. The van der Waals surface area contributed by atoms with Crippen LogP contribution in [0.4, 0.5) is 17.1 Å². The van der Waals surface area contributed by atoms with E-state index in [-0.39, 0.29) is 32.9 Å². The van der Waals surface area contributed by atoms with Gasteiger partial charge in [-0.25, -0.2) is 0 Å². The fourth-order valence-corrected chi connectivity index (χ4v) is 3.41. The average Bonchev–Trinajstić information content (AvgIpc) is 3.23. The summed E-state index contributed by atoms with van der Waals surface area (Å²) in [5, 5.41) is 14.8. The van der Waals surface area contributed by atoms with E-state index in [0.29, 0.717) is 17.9 Å². The topological polar surface area (TPSA) is 119 Å². The predicted octanol–water partition coefficient (Wildman–Crippen LogP) is 4.28. The number of likely N-dealkylation sites (N-methyl/N-ethyl adjacent to an activating group) is 1. The number of amides is 3. The summed E-state index contributed by atoms with van der Waals surface area (Å²) in [5.41, 5.74) is 1.34. The molecule has 0 spiro atoms. The van der Waals surface area contributed by atoms with Gasteiger partial charge in [0.25, 0.3) is 11.8 Å². The molecule has 3 rings (SSSR count). The van der Waals surface area contributed by atoms with Gasteiger partial charge in [-0.2, -0.15) is 5.10 Å².